The van der Waals surface area contributed by atoms with Crippen molar-refractivity contribution >= 4 is 23.3 Å². The van der Waals surface area contributed by atoms with E-state index in [1.165, 1.54) is 0 Å². The summed E-state index contributed by atoms with van der Waals surface area (Å²) in [5, 5.41) is 12.7. The van der Waals surface area contributed by atoms with Crippen LogP contribution in [0.2, 0.25) is 5.02 Å². The number of hydrogen-bond donors (Lipinski definition) is 3. The Labute approximate surface area is 110 Å². The molecular formula is C12H13ClN4O. The number of amides is 2. The predicted molar refractivity (Wildman–Crippen MR) is 70.6 cm³/mol. The standard InChI is InChI=1S/C12H13ClN4O/c1-8-9(7-15-17-8)6-14-12(18)16-11-4-2-3-10(13)5-11/h2-5,7H,6H2,1H3,(H,15,17)(H2,14,16,18). The molecule has 0 fully saturated rings. The molecule has 0 bridgehead atoms. The number of carbonyl (C=O) groups is 1. The van der Waals surface area contributed by atoms with Crippen molar-refractivity contribution < 1.29 is 4.79 Å². The van der Waals surface area contributed by atoms with Crippen molar-refractivity contribution in [3.05, 3.63) is 46.7 Å². The number of urea groups is 1. The maximum absolute atomic E-state index is 11.6. The van der Waals surface area contributed by atoms with E-state index >= 15 is 0 Å². The molecule has 0 spiro atoms. The van der Waals surface area contributed by atoms with E-state index in [2.05, 4.69) is 20.8 Å². The van der Waals surface area contributed by atoms with Crippen LogP contribution in [0.1, 0.15) is 11.3 Å². The number of hydrogen-bond acceptors (Lipinski definition) is 2. The Hall–Kier alpha value is -2.01. The van der Waals surface area contributed by atoms with Gasteiger partial charge in [-0.25, -0.2) is 4.79 Å². The zero-order valence-electron chi connectivity index (χ0n) is 9.83. The number of aromatic amines is 1. The number of H-pyrrole nitrogens is 1. The molecule has 0 saturated carbocycles. The van der Waals surface area contributed by atoms with Gasteiger partial charge in [0.05, 0.1) is 6.20 Å². The van der Waals surface area contributed by atoms with Crippen molar-refractivity contribution in [1.82, 2.24) is 15.5 Å². The van der Waals surface area contributed by atoms with Gasteiger partial charge in [0.2, 0.25) is 0 Å². The first-order chi connectivity index (χ1) is 8.65. The first-order valence-corrected chi connectivity index (χ1v) is 5.82. The van der Waals surface area contributed by atoms with E-state index in [4.69, 9.17) is 11.6 Å². The quantitative estimate of drug-likeness (QED) is 0.798. The number of nitrogens with zero attached hydrogens (tertiary/aromatic N) is 1. The SMILES string of the molecule is Cc1[nH]ncc1CNC(=O)Nc1cccc(Cl)c1. The highest BCUT2D eigenvalue weighted by Crippen LogP contribution is 2.14. The third-order valence-electron chi connectivity index (χ3n) is 2.46. The molecule has 2 aromatic rings. The fourth-order valence-corrected chi connectivity index (χ4v) is 1.66. The molecule has 5 nitrogen and oxygen atoms in total. The Morgan fingerprint density at radius 1 is 1.50 bits per heavy atom. The first kappa shape index (κ1) is 12.4. The molecule has 1 aromatic carbocycles. The molecule has 2 amide bonds. The number of anilines is 1. The summed E-state index contributed by atoms with van der Waals surface area (Å²) in [6.07, 6.45) is 1.69. The average Bonchev–Trinajstić information content (AvgIpc) is 2.72. The second-order valence-electron chi connectivity index (χ2n) is 3.84. The number of aryl methyl sites for hydroxylation is 1. The summed E-state index contributed by atoms with van der Waals surface area (Å²) in [5.41, 5.74) is 2.55. The molecule has 2 rings (SSSR count). The lowest BCUT2D eigenvalue weighted by Gasteiger charge is -2.07. The summed E-state index contributed by atoms with van der Waals surface area (Å²) in [7, 11) is 0. The summed E-state index contributed by atoms with van der Waals surface area (Å²) in [4.78, 5) is 11.6. The maximum atomic E-state index is 11.6. The second-order valence-corrected chi connectivity index (χ2v) is 4.27. The normalized spacial score (nSPS) is 10.1. The summed E-state index contributed by atoms with van der Waals surface area (Å²) >= 11 is 5.82. The van der Waals surface area contributed by atoms with Gasteiger partial charge in [0.1, 0.15) is 0 Å². The van der Waals surface area contributed by atoms with Crippen molar-refractivity contribution in [3.63, 3.8) is 0 Å². The lowest BCUT2D eigenvalue weighted by atomic mass is 10.3. The van der Waals surface area contributed by atoms with E-state index < -0.39 is 0 Å². The minimum Gasteiger partial charge on any atom is -0.334 e. The van der Waals surface area contributed by atoms with E-state index in [0.717, 1.165) is 11.3 Å². The maximum Gasteiger partial charge on any atom is 0.319 e. The van der Waals surface area contributed by atoms with Gasteiger partial charge >= 0.3 is 6.03 Å². The van der Waals surface area contributed by atoms with Gasteiger partial charge in [-0.3, -0.25) is 5.10 Å². The van der Waals surface area contributed by atoms with Crippen LogP contribution in [0.4, 0.5) is 10.5 Å². The minimum atomic E-state index is -0.280. The molecule has 0 saturated heterocycles. The first-order valence-electron chi connectivity index (χ1n) is 5.44. The molecule has 0 unspecified atom stereocenters. The Morgan fingerprint density at radius 3 is 3.00 bits per heavy atom. The molecular weight excluding hydrogens is 252 g/mol. The van der Waals surface area contributed by atoms with Gasteiger partial charge in [0, 0.05) is 28.5 Å². The number of rotatable bonds is 3. The third kappa shape index (κ3) is 3.24. The molecule has 0 aliphatic carbocycles. The Balaban J connectivity index is 1.88. The molecule has 0 atom stereocenters. The van der Waals surface area contributed by atoms with E-state index in [1.807, 2.05) is 6.92 Å². The van der Waals surface area contributed by atoms with Crippen LogP contribution in [-0.4, -0.2) is 16.2 Å². The Morgan fingerprint density at radius 2 is 2.33 bits per heavy atom. The molecule has 6 heteroatoms. The van der Waals surface area contributed by atoms with Crippen molar-refractivity contribution in [1.29, 1.82) is 0 Å². The Kier molecular flexibility index (Phi) is 3.84. The molecule has 1 heterocycles. The number of nitrogens with one attached hydrogen (secondary N) is 3. The average molecular weight is 265 g/mol. The molecule has 0 radical (unpaired) electrons. The van der Waals surface area contributed by atoms with Gasteiger partial charge in [-0.1, -0.05) is 17.7 Å². The van der Waals surface area contributed by atoms with E-state index in [9.17, 15) is 4.79 Å². The zero-order chi connectivity index (χ0) is 13.0. The highest BCUT2D eigenvalue weighted by Gasteiger charge is 2.04. The lowest BCUT2D eigenvalue weighted by molar-refractivity contribution is 0.251. The monoisotopic (exact) mass is 264 g/mol. The number of aromatic nitrogens is 2. The largest absolute Gasteiger partial charge is 0.334 e. The molecule has 3 N–H and O–H groups in total. The second kappa shape index (κ2) is 5.55. The van der Waals surface area contributed by atoms with E-state index in [-0.39, 0.29) is 6.03 Å². The zero-order valence-corrected chi connectivity index (χ0v) is 10.6. The molecule has 18 heavy (non-hydrogen) atoms. The van der Waals surface area contributed by atoms with Crippen LogP contribution in [0.5, 0.6) is 0 Å². The van der Waals surface area contributed by atoms with Gasteiger partial charge < -0.3 is 10.6 Å². The topological polar surface area (TPSA) is 69.8 Å². The minimum absolute atomic E-state index is 0.280. The highest BCUT2D eigenvalue weighted by molar-refractivity contribution is 6.30. The summed E-state index contributed by atoms with van der Waals surface area (Å²) in [6, 6.07) is 6.70. The van der Waals surface area contributed by atoms with Gasteiger partial charge in [0.25, 0.3) is 0 Å². The van der Waals surface area contributed by atoms with Crippen LogP contribution in [0.3, 0.4) is 0 Å². The van der Waals surface area contributed by atoms with Gasteiger partial charge in [0.15, 0.2) is 0 Å². The van der Waals surface area contributed by atoms with Gasteiger partial charge in [-0.2, -0.15) is 5.10 Å². The van der Waals surface area contributed by atoms with Crippen LogP contribution < -0.4 is 10.6 Å². The molecule has 1 aromatic heterocycles. The number of benzene rings is 1. The summed E-state index contributed by atoms with van der Waals surface area (Å²) in [5.74, 6) is 0. The smallest absolute Gasteiger partial charge is 0.319 e. The van der Waals surface area contributed by atoms with Crippen LogP contribution in [0.25, 0.3) is 0 Å². The number of halogens is 1. The van der Waals surface area contributed by atoms with E-state index in [0.29, 0.717) is 17.3 Å². The molecule has 94 valence electrons. The Bertz CT molecular complexity index is 553. The van der Waals surface area contributed by atoms with Gasteiger partial charge in [-0.05, 0) is 25.1 Å². The van der Waals surface area contributed by atoms with Crippen LogP contribution in [0, 0.1) is 6.92 Å². The summed E-state index contributed by atoms with van der Waals surface area (Å²) < 4.78 is 0. The van der Waals surface area contributed by atoms with Crippen molar-refractivity contribution in [2.24, 2.45) is 0 Å². The van der Waals surface area contributed by atoms with Crippen molar-refractivity contribution in [2.45, 2.75) is 13.5 Å². The fraction of sp³-hybridized carbons (Fsp3) is 0.167. The molecule has 0 aliphatic heterocycles. The van der Waals surface area contributed by atoms with Crippen LogP contribution in [0.15, 0.2) is 30.5 Å². The number of carbonyl (C=O) groups excluding carboxylic acids is 1. The van der Waals surface area contributed by atoms with Crippen molar-refractivity contribution in [3.8, 4) is 0 Å². The highest BCUT2D eigenvalue weighted by atomic mass is 35.5. The van der Waals surface area contributed by atoms with Crippen LogP contribution >= 0.6 is 11.6 Å². The van der Waals surface area contributed by atoms with Crippen LogP contribution in [-0.2, 0) is 6.54 Å². The van der Waals surface area contributed by atoms with Crippen molar-refractivity contribution in [2.75, 3.05) is 5.32 Å². The fourth-order valence-electron chi connectivity index (χ4n) is 1.47. The van der Waals surface area contributed by atoms with E-state index in [1.54, 1.807) is 30.5 Å². The molecule has 0 aliphatic rings. The lowest BCUT2D eigenvalue weighted by Crippen LogP contribution is -2.28. The van der Waals surface area contributed by atoms with Gasteiger partial charge in [-0.15, -0.1) is 0 Å². The predicted octanol–water partition coefficient (Wildman–Crippen LogP) is 2.69. The summed E-state index contributed by atoms with van der Waals surface area (Å²) in [6.45, 7) is 2.33. The third-order valence-corrected chi connectivity index (χ3v) is 2.69.